The molecular formula is C22H17NO4. The predicted molar refractivity (Wildman–Crippen MR) is 99.4 cm³/mol. The number of benzene rings is 2. The molecule has 1 saturated heterocycles. The Labute approximate surface area is 156 Å². The van der Waals surface area contributed by atoms with Crippen LogP contribution in [0.3, 0.4) is 0 Å². The zero-order valence-electron chi connectivity index (χ0n) is 14.4. The highest BCUT2D eigenvalue weighted by Gasteiger charge is 2.46. The molecule has 1 N–H and O–H groups in total. The second-order valence-electron chi connectivity index (χ2n) is 6.28. The summed E-state index contributed by atoms with van der Waals surface area (Å²) in [5, 5.41) is 10.8. The van der Waals surface area contributed by atoms with E-state index in [1.807, 2.05) is 36.4 Å². The number of likely N-dealkylation sites (tertiary alicyclic amines) is 1. The highest BCUT2D eigenvalue weighted by molar-refractivity contribution is 6.46. The minimum absolute atomic E-state index is 0.0870. The SMILES string of the molecule is O=C1C(=O)N(Cc2ccco2)[C@H](c2ccccc2)/C1=C(\O)c1ccccc1. The predicted octanol–water partition coefficient (Wildman–Crippen LogP) is 3.90. The molecule has 1 atom stereocenters. The van der Waals surface area contributed by atoms with Crippen molar-refractivity contribution < 1.29 is 19.1 Å². The molecule has 27 heavy (non-hydrogen) atoms. The van der Waals surface area contributed by atoms with Crippen LogP contribution in [0.5, 0.6) is 0 Å². The number of hydrogen-bond donors (Lipinski definition) is 1. The third-order valence-corrected chi connectivity index (χ3v) is 4.61. The fourth-order valence-electron chi connectivity index (χ4n) is 3.35. The number of carbonyl (C=O) groups is 2. The number of carbonyl (C=O) groups excluding carboxylic acids is 2. The number of amides is 1. The Hall–Kier alpha value is -3.60. The number of furan rings is 1. The lowest BCUT2D eigenvalue weighted by Crippen LogP contribution is -2.29. The topological polar surface area (TPSA) is 70.8 Å². The van der Waals surface area contributed by atoms with Gasteiger partial charge in [-0.2, -0.15) is 0 Å². The van der Waals surface area contributed by atoms with E-state index in [2.05, 4.69) is 0 Å². The Kier molecular flexibility index (Phi) is 4.34. The minimum atomic E-state index is -0.697. The lowest BCUT2D eigenvalue weighted by Gasteiger charge is -2.24. The zero-order valence-corrected chi connectivity index (χ0v) is 14.4. The largest absolute Gasteiger partial charge is 0.507 e. The standard InChI is InChI=1S/C22H17NO4/c24-20(16-10-5-2-6-11-16)18-19(15-8-3-1-4-9-15)23(22(26)21(18)25)14-17-12-7-13-27-17/h1-13,19,24H,14H2/b20-18+/t19-/m1/s1. The van der Waals surface area contributed by atoms with Gasteiger partial charge in [0.05, 0.1) is 24.4 Å². The van der Waals surface area contributed by atoms with E-state index in [1.54, 1.807) is 36.4 Å². The fraction of sp³-hybridized carbons (Fsp3) is 0.0909. The molecule has 1 aliphatic heterocycles. The van der Waals surface area contributed by atoms with Gasteiger partial charge in [0, 0.05) is 5.56 Å². The first-order valence-electron chi connectivity index (χ1n) is 8.58. The van der Waals surface area contributed by atoms with Crippen LogP contribution < -0.4 is 0 Å². The van der Waals surface area contributed by atoms with Crippen LogP contribution >= 0.6 is 0 Å². The molecule has 0 aliphatic carbocycles. The van der Waals surface area contributed by atoms with E-state index in [0.717, 1.165) is 5.56 Å². The van der Waals surface area contributed by atoms with Gasteiger partial charge in [0.2, 0.25) is 0 Å². The molecule has 1 aromatic heterocycles. The van der Waals surface area contributed by atoms with Crippen molar-refractivity contribution in [3.63, 3.8) is 0 Å². The van der Waals surface area contributed by atoms with Gasteiger partial charge in [-0.25, -0.2) is 0 Å². The summed E-state index contributed by atoms with van der Waals surface area (Å²) in [4.78, 5) is 27.0. The van der Waals surface area contributed by atoms with E-state index in [9.17, 15) is 14.7 Å². The molecule has 0 unspecified atom stereocenters. The maximum atomic E-state index is 12.8. The summed E-state index contributed by atoms with van der Waals surface area (Å²) in [6.07, 6.45) is 1.52. The third kappa shape index (κ3) is 3.04. The summed E-state index contributed by atoms with van der Waals surface area (Å²) in [5.74, 6) is -0.961. The zero-order chi connectivity index (χ0) is 18.8. The van der Waals surface area contributed by atoms with E-state index in [0.29, 0.717) is 11.3 Å². The Morgan fingerprint density at radius 1 is 0.926 bits per heavy atom. The van der Waals surface area contributed by atoms with Crippen LogP contribution in [0.25, 0.3) is 5.76 Å². The Morgan fingerprint density at radius 2 is 1.59 bits per heavy atom. The Balaban J connectivity index is 1.86. The molecule has 0 radical (unpaired) electrons. The highest BCUT2D eigenvalue weighted by Crippen LogP contribution is 2.40. The van der Waals surface area contributed by atoms with Gasteiger partial charge in [-0.15, -0.1) is 0 Å². The van der Waals surface area contributed by atoms with Crippen molar-refractivity contribution in [2.45, 2.75) is 12.6 Å². The number of aliphatic hydroxyl groups excluding tert-OH is 1. The van der Waals surface area contributed by atoms with Crippen molar-refractivity contribution in [3.8, 4) is 0 Å². The van der Waals surface area contributed by atoms with Crippen LogP contribution in [0.4, 0.5) is 0 Å². The van der Waals surface area contributed by atoms with Gasteiger partial charge in [0.1, 0.15) is 11.5 Å². The average Bonchev–Trinajstić information content (AvgIpc) is 3.31. The number of rotatable bonds is 4. The second-order valence-corrected chi connectivity index (χ2v) is 6.28. The first kappa shape index (κ1) is 16.8. The van der Waals surface area contributed by atoms with E-state index in [1.165, 1.54) is 11.2 Å². The normalized spacial score (nSPS) is 18.8. The molecule has 0 bridgehead atoms. The van der Waals surface area contributed by atoms with Gasteiger partial charge in [-0.3, -0.25) is 9.59 Å². The molecule has 1 amide bonds. The van der Waals surface area contributed by atoms with Gasteiger partial charge in [-0.05, 0) is 17.7 Å². The van der Waals surface area contributed by atoms with Crippen molar-refractivity contribution >= 4 is 17.4 Å². The van der Waals surface area contributed by atoms with Crippen LogP contribution in [0.1, 0.15) is 22.9 Å². The molecule has 5 heteroatoms. The van der Waals surface area contributed by atoms with E-state index in [4.69, 9.17) is 4.42 Å². The Bertz CT molecular complexity index is 991. The molecule has 2 aromatic carbocycles. The summed E-state index contributed by atoms with van der Waals surface area (Å²) < 4.78 is 5.36. The van der Waals surface area contributed by atoms with Crippen molar-refractivity contribution in [2.24, 2.45) is 0 Å². The molecular weight excluding hydrogens is 342 g/mol. The monoisotopic (exact) mass is 359 g/mol. The Morgan fingerprint density at radius 3 is 2.22 bits per heavy atom. The number of nitrogens with zero attached hydrogens (tertiary/aromatic N) is 1. The molecule has 134 valence electrons. The molecule has 1 fully saturated rings. The van der Waals surface area contributed by atoms with Gasteiger partial charge in [0.15, 0.2) is 0 Å². The molecule has 4 rings (SSSR count). The van der Waals surface area contributed by atoms with Gasteiger partial charge >= 0.3 is 0 Å². The molecule has 0 saturated carbocycles. The lowest BCUT2D eigenvalue weighted by molar-refractivity contribution is -0.140. The van der Waals surface area contributed by atoms with Crippen LogP contribution in [0.2, 0.25) is 0 Å². The number of ketones is 1. The van der Waals surface area contributed by atoms with E-state index in [-0.39, 0.29) is 17.9 Å². The van der Waals surface area contributed by atoms with Crippen LogP contribution in [-0.4, -0.2) is 21.7 Å². The third-order valence-electron chi connectivity index (χ3n) is 4.61. The number of Topliss-reactive ketones (excluding diaryl/α,β-unsaturated/α-hetero) is 1. The molecule has 2 heterocycles. The molecule has 1 aliphatic rings. The number of hydrogen-bond acceptors (Lipinski definition) is 4. The van der Waals surface area contributed by atoms with Crippen molar-refractivity contribution in [1.82, 2.24) is 4.90 Å². The maximum Gasteiger partial charge on any atom is 0.296 e. The molecule has 3 aromatic rings. The van der Waals surface area contributed by atoms with Gasteiger partial charge in [-0.1, -0.05) is 60.7 Å². The number of aliphatic hydroxyl groups is 1. The first-order valence-corrected chi connectivity index (χ1v) is 8.58. The van der Waals surface area contributed by atoms with Crippen LogP contribution in [0, 0.1) is 0 Å². The molecule has 0 spiro atoms. The minimum Gasteiger partial charge on any atom is -0.507 e. The van der Waals surface area contributed by atoms with Crippen LogP contribution in [-0.2, 0) is 16.1 Å². The molecule has 5 nitrogen and oxygen atoms in total. The second kappa shape index (κ2) is 6.96. The lowest BCUT2D eigenvalue weighted by atomic mass is 9.95. The van der Waals surface area contributed by atoms with Gasteiger partial charge < -0.3 is 14.4 Å². The summed E-state index contributed by atoms with van der Waals surface area (Å²) in [5.41, 5.74) is 1.33. The van der Waals surface area contributed by atoms with Crippen molar-refractivity contribution in [3.05, 3.63) is 102 Å². The van der Waals surface area contributed by atoms with Gasteiger partial charge in [0.25, 0.3) is 11.7 Å². The first-order chi connectivity index (χ1) is 13.2. The van der Waals surface area contributed by atoms with Crippen LogP contribution in [0.15, 0.2) is 89.0 Å². The summed E-state index contributed by atoms with van der Waals surface area (Å²) in [6, 6.07) is 20.8. The fourth-order valence-corrected chi connectivity index (χ4v) is 3.35. The summed E-state index contributed by atoms with van der Waals surface area (Å²) in [6.45, 7) is 0.142. The maximum absolute atomic E-state index is 12.8. The average molecular weight is 359 g/mol. The highest BCUT2D eigenvalue weighted by atomic mass is 16.3. The quantitative estimate of drug-likeness (QED) is 0.436. The summed E-state index contributed by atoms with van der Waals surface area (Å²) >= 11 is 0. The van der Waals surface area contributed by atoms with Crippen molar-refractivity contribution in [2.75, 3.05) is 0 Å². The van der Waals surface area contributed by atoms with E-state index < -0.39 is 17.7 Å². The van der Waals surface area contributed by atoms with Crippen molar-refractivity contribution in [1.29, 1.82) is 0 Å². The summed E-state index contributed by atoms with van der Waals surface area (Å²) in [7, 11) is 0. The smallest absolute Gasteiger partial charge is 0.296 e. The van der Waals surface area contributed by atoms with E-state index >= 15 is 0 Å².